The fourth-order valence-corrected chi connectivity index (χ4v) is 5.66. The van der Waals surface area contributed by atoms with E-state index < -0.39 is 5.41 Å². The Balaban J connectivity index is 0.00000323. The van der Waals surface area contributed by atoms with Gasteiger partial charge in [-0.2, -0.15) is 0 Å². The van der Waals surface area contributed by atoms with E-state index in [9.17, 15) is 14.4 Å². The molecular formula is C31H41Cl2N5O4S. The first kappa shape index (κ1) is 36.0. The molecule has 2 aromatic heterocycles. The van der Waals surface area contributed by atoms with Crippen LogP contribution in [0, 0.1) is 5.41 Å². The molecule has 0 bridgehead atoms. The van der Waals surface area contributed by atoms with Crippen molar-refractivity contribution < 1.29 is 19.1 Å². The molecule has 1 aliphatic heterocycles. The number of amides is 3. The molecule has 3 heterocycles. The van der Waals surface area contributed by atoms with E-state index in [-0.39, 0.29) is 42.5 Å². The van der Waals surface area contributed by atoms with Gasteiger partial charge in [-0.15, -0.1) is 36.2 Å². The van der Waals surface area contributed by atoms with E-state index in [1.54, 1.807) is 48.0 Å². The molecule has 12 heteroatoms. The largest absolute Gasteiger partial charge is 0.493 e. The Labute approximate surface area is 270 Å². The van der Waals surface area contributed by atoms with E-state index in [2.05, 4.69) is 9.88 Å². The molecule has 9 nitrogen and oxygen atoms in total. The third-order valence-corrected chi connectivity index (χ3v) is 8.27. The average molecular weight is 651 g/mol. The number of carbonyl (C=O) groups excluding carboxylic acids is 3. The monoisotopic (exact) mass is 649 g/mol. The summed E-state index contributed by atoms with van der Waals surface area (Å²) in [4.78, 5) is 51.1. The fraction of sp³-hybridized carbons (Fsp3) is 0.419. The zero-order valence-electron chi connectivity index (χ0n) is 25.3. The number of likely N-dealkylation sites (N-methyl/N-ethyl adjacent to an activating group) is 1. The minimum Gasteiger partial charge on any atom is -0.493 e. The van der Waals surface area contributed by atoms with E-state index in [0.29, 0.717) is 36.8 Å². The summed E-state index contributed by atoms with van der Waals surface area (Å²) in [7, 11) is 3.54. The summed E-state index contributed by atoms with van der Waals surface area (Å²) in [5.41, 5.74) is 1.37. The van der Waals surface area contributed by atoms with Crippen molar-refractivity contribution in [2.24, 2.45) is 5.41 Å². The number of pyridine rings is 1. The standard InChI is InChI=1S/C31H39N5O4S.2ClH/c1-6-36-25-11-10-24(21-26(25)34(5)29(38)31(2,3)30(36)39)40-19-8-16-35(22-23-12-14-32-15-13-23)18-17-33(4)28(37)27-9-7-20-41-27;;/h7,9-15,20-21H,6,8,16-19,22H2,1-5H3;2*1H. The van der Waals surface area contributed by atoms with Crippen molar-refractivity contribution in [2.45, 2.75) is 33.7 Å². The van der Waals surface area contributed by atoms with Gasteiger partial charge in [0, 0.05) is 65.3 Å². The number of hydrogen-bond acceptors (Lipinski definition) is 7. The number of thiophene rings is 1. The number of ether oxygens (including phenoxy) is 1. The van der Waals surface area contributed by atoms with E-state index in [1.165, 1.54) is 11.3 Å². The molecule has 0 N–H and O–H groups in total. The number of aromatic nitrogens is 1. The van der Waals surface area contributed by atoms with Crippen LogP contribution in [-0.2, 0) is 16.1 Å². The van der Waals surface area contributed by atoms with Crippen LogP contribution in [-0.4, -0.2) is 79.4 Å². The van der Waals surface area contributed by atoms with Crippen molar-refractivity contribution in [1.29, 1.82) is 0 Å². The summed E-state index contributed by atoms with van der Waals surface area (Å²) < 4.78 is 6.12. The van der Waals surface area contributed by atoms with Gasteiger partial charge in [-0.1, -0.05) is 6.07 Å². The molecule has 0 saturated carbocycles. The van der Waals surface area contributed by atoms with E-state index >= 15 is 0 Å². The highest BCUT2D eigenvalue weighted by Crippen LogP contribution is 2.40. The van der Waals surface area contributed by atoms with Gasteiger partial charge in [0.1, 0.15) is 11.2 Å². The molecule has 0 atom stereocenters. The number of rotatable bonds is 12. The van der Waals surface area contributed by atoms with Gasteiger partial charge in [0.25, 0.3) is 5.91 Å². The fourth-order valence-electron chi connectivity index (χ4n) is 4.95. The molecular weight excluding hydrogens is 609 g/mol. The van der Waals surface area contributed by atoms with Gasteiger partial charge in [-0.3, -0.25) is 24.3 Å². The highest BCUT2D eigenvalue weighted by Gasteiger charge is 2.45. The minimum atomic E-state index is -1.15. The molecule has 43 heavy (non-hydrogen) atoms. The lowest BCUT2D eigenvalue weighted by Gasteiger charge is -2.27. The number of carbonyl (C=O) groups is 3. The molecule has 0 radical (unpaired) electrons. The molecule has 234 valence electrons. The van der Waals surface area contributed by atoms with Crippen LogP contribution < -0.4 is 14.5 Å². The maximum Gasteiger partial charge on any atom is 0.263 e. The lowest BCUT2D eigenvalue weighted by Crippen LogP contribution is -2.47. The van der Waals surface area contributed by atoms with Gasteiger partial charge in [0.2, 0.25) is 11.8 Å². The van der Waals surface area contributed by atoms with Crippen molar-refractivity contribution in [2.75, 3.05) is 56.7 Å². The molecule has 3 amide bonds. The number of benzene rings is 1. The van der Waals surface area contributed by atoms with Gasteiger partial charge in [-0.05, 0) is 68.5 Å². The molecule has 1 aromatic carbocycles. The normalized spacial score (nSPS) is 14.0. The van der Waals surface area contributed by atoms with Crippen molar-refractivity contribution in [3.63, 3.8) is 0 Å². The summed E-state index contributed by atoms with van der Waals surface area (Å²) in [5.74, 6) is 0.228. The first-order valence-electron chi connectivity index (χ1n) is 13.9. The third kappa shape index (κ3) is 8.47. The number of anilines is 2. The summed E-state index contributed by atoms with van der Waals surface area (Å²) in [6.07, 6.45) is 4.35. The maximum atomic E-state index is 13.1. The van der Waals surface area contributed by atoms with E-state index in [1.807, 2.05) is 61.8 Å². The lowest BCUT2D eigenvalue weighted by atomic mass is 9.90. The minimum absolute atomic E-state index is 0. The molecule has 0 unspecified atom stereocenters. The summed E-state index contributed by atoms with van der Waals surface area (Å²) in [6.45, 7) is 9.06. The van der Waals surface area contributed by atoms with Crippen LogP contribution in [0.4, 0.5) is 11.4 Å². The van der Waals surface area contributed by atoms with Gasteiger partial charge in [0.15, 0.2) is 0 Å². The predicted molar refractivity (Wildman–Crippen MR) is 177 cm³/mol. The molecule has 0 aliphatic carbocycles. The lowest BCUT2D eigenvalue weighted by molar-refractivity contribution is -0.137. The molecule has 4 rings (SSSR count). The third-order valence-electron chi connectivity index (χ3n) is 7.41. The van der Waals surface area contributed by atoms with Crippen LogP contribution in [0.2, 0.25) is 0 Å². The van der Waals surface area contributed by atoms with Crippen LogP contribution >= 0.6 is 36.2 Å². The zero-order valence-corrected chi connectivity index (χ0v) is 27.8. The first-order chi connectivity index (χ1) is 19.6. The SMILES string of the molecule is CCN1C(=O)C(C)(C)C(=O)N(C)c2cc(OCCCN(CCN(C)C(=O)c3cccs3)Cc3ccncc3)ccc21.Cl.Cl. The van der Waals surface area contributed by atoms with Crippen LogP contribution in [0.25, 0.3) is 0 Å². The molecule has 3 aromatic rings. The van der Waals surface area contributed by atoms with Gasteiger partial charge < -0.3 is 19.4 Å². The summed E-state index contributed by atoms with van der Waals surface area (Å²) >= 11 is 1.45. The van der Waals surface area contributed by atoms with Crippen molar-refractivity contribution in [3.05, 3.63) is 70.7 Å². The van der Waals surface area contributed by atoms with Crippen LogP contribution in [0.5, 0.6) is 5.75 Å². The Kier molecular flexibility index (Phi) is 13.4. The van der Waals surface area contributed by atoms with Crippen molar-refractivity contribution in [1.82, 2.24) is 14.8 Å². The van der Waals surface area contributed by atoms with E-state index in [4.69, 9.17) is 4.74 Å². The Morgan fingerprint density at radius 1 is 1.00 bits per heavy atom. The highest BCUT2D eigenvalue weighted by molar-refractivity contribution is 7.12. The second-order valence-corrected chi connectivity index (χ2v) is 11.7. The van der Waals surface area contributed by atoms with Crippen molar-refractivity contribution in [3.8, 4) is 5.75 Å². The van der Waals surface area contributed by atoms with Crippen LogP contribution in [0.1, 0.15) is 42.4 Å². The summed E-state index contributed by atoms with van der Waals surface area (Å²) in [5, 5.41) is 1.91. The van der Waals surface area contributed by atoms with Crippen molar-refractivity contribution >= 4 is 65.2 Å². The van der Waals surface area contributed by atoms with Gasteiger partial charge >= 0.3 is 0 Å². The number of fused-ring (bicyclic) bond motifs is 1. The topological polar surface area (TPSA) is 86.3 Å². The molecule has 0 fully saturated rings. The number of halogens is 2. The second-order valence-electron chi connectivity index (χ2n) is 10.7. The van der Waals surface area contributed by atoms with Crippen LogP contribution in [0.15, 0.2) is 60.2 Å². The molecule has 1 aliphatic rings. The molecule has 0 saturated heterocycles. The number of hydrogen-bond donors (Lipinski definition) is 0. The highest BCUT2D eigenvalue weighted by atomic mass is 35.5. The number of nitrogens with zero attached hydrogens (tertiary/aromatic N) is 5. The summed E-state index contributed by atoms with van der Waals surface area (Å²) in [6, 6.07) is 13.3. The Hall–Kier alpha value is -3.18. The smallest absolute Gasteiger partial charge is 0.263 e. The van der Waals surface area contributed by atoms with Gasteiger partial charge in [-0.25, -0.2) is 0 Å². The Morgan fingerprint density at radius 2 is 1.72 bits per heavy atom. The van der Waals surface area contributed by atoms with Crippen LogP contribution in [0.3, 0.4) is 0 Å². The average Bonchev–Trinajstić information content (AvgIpc) is 3.51. The Morgan fingerprint density at radius 3 is 2.37 bits per heavy atom. The predicted octanol–water partition coefficient (Wildman–Crippen LogP) is 5.39. The first-order valence-corrected chi connectivity index (χ1v) is 14.8. The molecule has 0 spiro atoms. The van der Waals surface area contributed by atoms with Gasteiger partial charge in [0.05, 0.1) is 22.9 Å². The quantitative estimate of drug-likeness (QED) is 0.193. The zero-order chi connectivity index (χ0) is 29.6. The van der Waals surface area contributed by atoms with E-state index in [0.717, 1.165) is 36.5 Å². The Bertz CT molecular complexity index is 1360. The maximum absolute atomic E-state index is 13.1. The second kappa shape index (κ2) is 16.0.